The number of benzene rings is 1. The fourth-order valence-electron chi connectivity index (χ4n) is 3.70. The molecule has 0 saturated carbocycles. The minimum absolute atomic E-state index is 0.0102. The molecule has 0 radical (unpaired) electrons. The molecular weight excluding hydrogens is 352 g/mol. The molecule has 2 fully saturated rings. The lowest BCUT2D eigenvalue weighted by molar-refractivity contribution is -0.187. The molecule has 0 unspecified atom stereocenters. The highest BCUT2D eigenvalue weighted by Crippen LogP contribution is 2.34. The summed E-state index contributed by atoms with van der Waals surface area (Å²) < 4.78 is 22.5. The molecule has 3 heterocycles. The second-order valence-electron chi connectivity index (χ2n) is 6.92. The summed E-state index contributed by atoms with van der Waals surface area (Å²) in [6.07, 6.45) is 1.31. The molecule has 0 atom stereocenters. The smallest absolute Gasteiger partial charge is 0.242 e. The summed E-state index contributed by atoms with van der Waals surface area (Å²) in [6.45, 7) is 4.75. The SMILES string of the molecule is CC(=O)N(CC(=O)N1CCC2(CC1)OCCO2)c1ccc2c(c1)OCCO2. The monoisotopic (exact) mass is 376 g/mol. The highest BCUT2D eigenvalue weighted by atomic mass is 16.7. The van der Waals surface area contributed by atoms with Gasteiger partial charge in [0.05, 0.1) is 13.2 Å². The Bertz CT molecular complexity index is 721. The summed E-state index contributed by atoms with van der Waals surface area (Å²) in [4.78, 5) is 28.2. The van der Waals surface area contributed by atoms with E-state index in [0.29, 0.717) is 69.5 Å². The quantitative estimate of drug-likeness (QED) is 0.788. The Labute approximate surface area is 157 Å². The number of amides is 2. The Hall–Kier alpha value is -2.32. The van der Waals surface area contributed by atoms with Crippen molar-refractivity contribution in [3.63, 3.8) is 0 Å². The van der Waals surface area contributed by atoms with E-state index in [1.54, 1.807) is 23.1 Å². The van der Waals surface area contributed by atoms with Crippen LogP contribution < -0.4 is 14.4 Å². The van der Waals surface area contributed by atoms with Crippen LogP contribution in [-0.2, 0) is 19.1 Å². The third kappa shape index (κ3) is 3.72. The van der Waals surface area contributed by atoms with E-state index in [2.05, 4.69) is 0 Å². The number of hydrogen-bond acceptors (Lipinski definition) is 6. The number of rotatable bonds is 3. The summed E-state index contributed by atoms with van der Waals surface area (Å²) in [6, 6.07) is 5.28. The minimum atomic E-state index is -0.521. The van der Waals surface area contributed by atoms with E-state index in [0.717, 1.165) is 0 Å². The first-order valence-corrected chi connectivity index (χ1v) is 9.30. The number of likely N-dealkylation sites (tertiary alicyclic amines) is 1. The number of carbonyl (C=O) groups is 2. The van der Waals surface area contributed by atoms with Crippen molar-refractivity contribution in [1.29, 1.82) is 0 Å². The van der Waals surface area contributed by atoms with Crippen LogP contribution in [-0.4, -0.2) is 68.6 Å². The second-order valence-corrected chi connectivity index (χ2v) is 6.92. The van der Waals surface area contributed by atoms with Crippen LogP contribution in [0.1, 0.15) is 19.8 Å². The van der Waals surface area contributed by atoms with Crippen LogP contribution >= 0.6 is 0 Å². The van der Waals surface area contributed by atoms with Crippen molar-refractivity contribution in [2.75, 3.05) is 51.0 Å². The van der Waals surface area contributed by atoms with Gasteiger partial charge in [-0.05, 0) is 12.1 Å². The normalized spacial score (nSPS) is 20.6. The van der Waals surface area contributed by atoms with Crippen LogP contribution in [0.3, 0.4) is 0 Å². The Balaban J connectivity index is 1.42. The van der Waals surface area contributed by atoms with Crippen LogP contribution in [0.25, 0.3) is 0 Å². The molecule has 8 heteroatoms. The van der Waals surface area contributed by atoms with Crippen molar-refractivity contribution in [3.05, 3.63) is 18.2 Å². The van der Waals surface area contributed by atoms with Gasteiger partial charge in [-0.3, -0.25) is 9.59 Å². The van der Waals surface area contributed by atoms with E-state index in [-0.39, 0.29) is 18.4 Å². The summed E-state index contributed by atoms with van der Waals surface area (Å²) in [7, 11) is 0. The van der Waals surface area contributed by atoms with Gasteiger partial charge in [0, 0.05) is 44.6 Å². The van der Waals surface area contributed by atoms with Gasteiger partial charge >= 0.3 is 0 Å². The molecule has 0 aromatic heterocycles. The second kappa shape index (κ2) is 7.36. The van der Waals surface area contributed by atoms with E-state index in [4.69, 9.17) is 18.9 Å². The van der Waals surface area contributed by atoms with Crippen molar-refractivity contribution in [1.82, 2.24) is 4.90 Å². The minimum Gasteiger partial charge on any atom is -0.486 e. The first-order chi connectivity index (χ1) is 13.1. The Morgan fingerprint density at radius 2 is 1.70 bits per heavy atom. The summed E-state index contributed by atoms with van der Waals surface area (Å²) >= 11 is 0. The summed E-state index contributed by atoms with van der Waals surface area (Å²) in [5.74, 6) is 0.432. The molecule has 0 bridgehead atoms. The average molecular weight is 376 g/mol. The molecule has 27 heavy (non-hydrogen) atoms. The summed E-state index contributed by atoms with van der Waals surface area (Å²) in [5, 5.41) is 0. The van der Waals surface area contributed by atoms with Gasteiger partial charge < -0.3 is 28.7 Å². The lowest BCUT2D eigenvalue weighted by Gasteiger charge is -2.38. The van der Waals surface area contributed by atoms with Crippen molar-refractivity contribution >= 4 is 17.5 Å². The molecule has 2 saturated heterocycles. The van der Waals surface area contributed by atoms with Gasteiger partial charge in [0.2, 0.25) is 11.8 Å². The lowest BCUT2D eigenvalue weighted by Crippen LogP contribution is -2.50. The van der Waals surface area contributed by atoms with Crippen LogP contribution in [0.5, 0.6) is 11.5 Å². The third-order valence-corrected chi connectivity index (χ3v) is 5.20. The standard InChI is InChI=1S/C19H24N2O6/c1-14(22)21(15-2-3-16-17(12-15)25-9-8-24-16)13-18(23)20-6-4-19(5-7-20)26-10-11-27-19/h2-3,12H,4-11,13H2,1H3. The van der Waals surface area contributed by atoms with Gasteiger partial charge in [-0.25, -0.2) is 0 Å². The van der Waals surface area contributed by atoms with Gasteiger partial charge in [-0.1, -0.05) is 0 Å². The predicted octanol–water partition coefficient (Wildman–Crippen LogP) is 1.18. The third-order valence-electron chi connectivity index (χ3n) is 5.20. The largest absolute Gasteiger partial charge is 0.486 e. The molecule has 1 spiro atoms. The maximum atomic E-state index is 12.8. The number of nitrogens with zero attached hydrogens (tertiary/aromatic N) is 2. The van der Waals surface area contributed by atoms with Gasteiger partial charge in [0.1, 0.15) is 19.8 Å². The number of anilines is 1. The molecule has 1 aromatic rings. The van der Waals surface area contributed by atoms with Crippen molar-refractivity contribution < 1.29 is 28.5 Å². The highest BCUT2D eigenvalue weighted by molar-refractivity contribution is 5.97. The summed E-state index contributed by atoms with van der Waals surface area (Å²) in [5.41, 5.74) is 0.621. The Kier molecular flexibility index (Phi) is 4.92. The van der Waals surface area contributed by atoms with Crippen molar-refractivity contribution in [3.8, 4) is 11.5 Å². The molecular formula is C19H24N2O6. The van der Waals surface area contributed by atoms with E-state index in [9.17, 15) is 9.59 Å². The maximum Gasteiger partial charge on any atom is 0.242 e. The molecule has 0 aliphatic carbocycles. The van der Waals surface area contributed by atoms with Crippen LogP contribution in [0.15, 0.2) is 18.2 Å². The number of ether oxygens (including phenoxy) is 4. The predicted molar refractivity (Wildman–Crippen MR) is 95.9 cm³/mol. The number of fused-ring (bicyclic) bond motifs is 1. The number of piperidine rings is 1. The van der Waals surface area contributed by atoms with Crippen LogP contribution in [0, 0.1) is 0 Å². The van der Waals surface area contributed by atoms with E-state index < -0.39 is 5.79 Å². The molecule has 8 nitrogen and oxygen atoms in total. The topological polar surface area (TPSA) is 77.5 Å². The molecule has 4 rings (SSSR count). The number of carbonyl (C=O) groups excluding carboxylic acids is 2. The van der Waals surface area contributed by atoms with Gasteiger partial charge in [-0.2, -0.15) is 0 Å². The lowest BCUT2D eigenvalue weighted by atomic mass is 10.0. The van der Waals surface area contributed by atoms with Crippen molar-refractivity contribution in [2.45, 2.75) is 25.6 Å². The van der Waals surface area contributed by atoms with Crippen molar-refractivity contribution in [2.24, 2.45) is 0 Å². The number of hydrogen-bond donors (Lipinski definition) is 0. The van der Waals surface area contributed by atoms with Crippen LogP contribution in [0.2, 0.25) is 0 Å². The molecule has 2 amide bonds. The Morgan fingerprint density at radius 3 is 2.37 bits per heavy atom. The Morgan fingerprint density at radius 1 is 1.04 bits per heavy atom. The average Bonchev–Trinajstić information content (AvgIpc) is 3.14. The van der Waals surface area contributed by atoms with Gasteiger partial charge in [-0.15, -0.1) is 0 Å². The van der Waals surface area contributed by atoms with E-state index in [1.165, 1.54) is 11.8 Å². The maximum absolute atomic E-state index is 12.8. The van der Waals surface area contributed by atoms with Gasteiger partial charge in [0.25, 0.3) is 0 Å². The first-order valence-electron chi connectivity index (χ1n) is 9.30. The zero-order valence-corrected chi connectivity index (χ0v) is 15.4. The fourth-order valence-corrected chi connectivity index (χ4v) is 3.70. The zero-order valence-electron chi connectivity index (χ0n) is 15.4. The van der Waals surface area contributed by atoms with Crippen LogP contribution in [0.4, 0.5) is 5.69 Å². The van der Waals surface area contributed by atoms with E-state index >= 15 is 0 Å². The molecule has 1 aromatic carbocycles. The first kappa shape index (κ1) is 18.1. The zero-order chi connectivity index (χ0) is 18.9. The fraction of sp³-hybridized carbons (Fsp3) is 0.579. The molecule has 3 aliphatic heterocycles. The molecule has 3 aliphatic rings. The van der Waals surface area contributed by atoms with E-state index in [1.807, 2.05) is 0 Å². The molecule has 146 valence electrons. The highest BCUT2D eigenvalue weighted by Gasteiger charge is 2.41. The van der Waals surface area contributed by atoms with Gasteiger partial charge in [0.15, 0.2) is 17.3 Å². The molecule has 0 N–H and O–H groups in total.